The van der Waals surface area contributed by atoms with Gasteiger partial charge in [-0.1, -0.05) is 36.7 Å². The smallest absolute Gasteiger partial charge is 0.229 e. The number of hydrogen-bond acceptors (Lipinski definition) is 5. The topological polar surface area (TPSA) is 66.9 Å². The molecule has 0 amide bonds. The highest BCUT2D eigenvalue weighted by Gasteiger charge is 2.25. The molecule has 3 aromatic rings. The van der Waals surface area contributed by atoms with Gasteiger partial charge in [0, 0.05) is 22.8 Å². The van der Waals surface area contributed by atoms with Gasteiger partial charge in [0.1, 0.15) is 5.82 Å². The van der Waals surface area contributed by atoms with E-state index in [0.717, 1.165) is 41.9 Å². The Kier molecular flexibility index (Phi) is 5.49. The van der Waals surface area contributed by atoms with Gasteiger partial charge in [0.25, 0.3) is 0 Å². The summed E-state index contributed by atoms with van der Waals surface area (Å²) >= 11 is 6.26. The lowest BCUT2D eigenvalue weighted by Crippen LogP contribution is -2.18. The largest absolute Gasteiger partial charge is 0.339 e. The van der Waals surface area contributed by atoms with Crippen LogP contribution in [-0.4, -0.2) is 15.8 Å². The normalized spacial score (nSPS) is 13.1. The molecule has 0 saturated heterocycles. The fraction of sp³-hybridized carbons (Fsp3) is 0.261. The van der Waals surface area contributed by atoms with Crippen molar-refractivity contribution >= 4 is 40.5 Å². The summed E-state index contributed by atoms with van der Waals surface area (Å²) in [5, 5.41) is 7.26. The van der Waals surface area contributed by atoms with E-state index in [2.05, 4.69) is 39.7 Å². The second-order valence-corrected chi connectivity index (χ2v) is 7.61. The number of carbonyl (C=O) groups excluding carboxylic acids is 1. The van der Waals surface area contributed by atoms with Crippen LogP contribution in [0, 0.1) is 6.92 Å². The zero-order valence-electron chi connectivity index (χ0n) is 16.6. The number of carbonyl (C=O) groups is 1. The number of halogens is 1. The predicted molar refractivity (Wildman–Crippen MR) is 118 cm³/mol. The molecule has 4 rings (SSSR count). The molecule has 0 saturated carbocycles. The Balaban J connectivity index is 1.73. The number of anilines is 4. The Hall–Kier alpha value is -2.92. The second-order valence-electron chi connectivity index (χ2n) is 7.21. The number of aromatic nitrogens is 2. The molecule has 1 aliphatic rings. The number of fused-ring (bicyclic) bond motifs is 1. The summed E-state index contributed by atoms with van der Waals surface area (Å²) in [7, 11) is 0. The van der Waals surface area contributed by atoms with Gasteiger partial charge in [0.05, 0.1) is 11.3 Å². The maximum atomic E-state index is 12.6. The van der Waals surface area contributed by atoms with Crippen LogP contribution in [0.25, 0.3) is 0 Å². The summed E-state index contributed by atoms with van der Waals surface area (Å²) in [6, 6.07) is 13.8. The minimum Gasteiger partial charge on any atom is -0.339 e. The van der Waals surface area contributed by atoms with Gasteiger partial charge in [0.15, 0.2) is 5.78 Å². The Morgan fingerprint density at radius 3 is 2.59 bits per heavy atom. The van der Waals surface area contributed by atoms with Gasteiger partial charge < -0.3 is 10.6 Å². The van der Waals surface area contributed by atoms with Crippen LogP contribution in [0.1, 0.15) is 46.9 Å². The van der Waals surface area contributed by atoms with Crippen molar-refractivity contribution in [1.82, 2.24) is 9.97 Å². The zero-order valence-corrected chi connectivity index (χ0v) is 17.3. The van der Waals surface area contributed by atoms with Gasteiger partial charge in [-0.2, -0.15) is 4.98 Å². The first-order valence-corrected chi connectivity index (χ1v) is 10.2. The molecule has 1 heterocycles. The first kappa shape index (κ1) is 19.4. The molecule has 2 N–H and O–H groups in total. The first-order valence-electron chi connectivity index (χ1n) is 9.87. The van der Waals surface area contributed by atoms with Crippen molar-refractivity contribution in [3.8, 4) is 0 Å². The van der Waals surface area contributed by atoms with Crippen molar-refractivity contribution < 1.29 is 4.79 Å². The lowest BCUT2D eigenvalue weighted by Gasteiger charge is -2.20. The number of nitrogens with zero attached hydrogens (tertiary/aromatic N) is 2. The maximum absolute atomic E-state index is 12.6. The van der Waals surface area contributed by atoms with E-state index >= 15 is 0 Å². The monoisotopic (exact) mass is 406 g/mol. The van der Waals surface area contributed by atoms with Gasteiger partial charge >= 0.3 is 0 Å². The van der Waals surface area contributed by atoms with E-state index in [1.807, 2.05) is 37.3 Å². The minimum absolute atomic E-state index is 0.0762. The Morgan fingerprint density at radius 1 is 1.03 bits per heavy atom. The van der Waals surface area contributed by atoms with Crippen LogP contribution in [0.5, 0.6) is 0 Å². The van der Waals surface area contributed by atoms with Crippen molar-refractivity contribution in [2.24, 2.45) is 0 Å². The fourth-order valence-electron chi connectivity index (χ4n) is 3.49. The van der Waals surface area contributed by atoms with Crippen molar-refractivity contribution in [2.75, 3.05) is 10.6 Å². The number of nitrogens with one attached hydrogen (secondary N) is 2. The second kappa shape index (κ2) is 8.21. The molecule has 0 radical (unpaired) electrons. The molecule has 0 atom stereocenters. The molecule has 0 spiro atoms. The number of benzene rings is 2. The molecule has 2 aromatic carbocycles. The van der Waals surface area contributed by atoms with Crippen LogP contribution in [-0.2, 0) is 12.8 Å². The average molecular weight is 407 g/mol. The number of hydrogen-bond donors (Lipinski definition) is 2. The zero-order chi connectivity index (χ0) is 20.4. The minimum atomic E-state index is 0.0762. The summed E-state index contributed by atoms with van der Waals surface area (Å²) in [6.45, 7) is 4.07. The molecular weight excluding hydrogens is 384 g/mol. The molecule has 5 nitrogen and oxygen atoms in total. The summed E-state index contributed by atoms with van der Waals surface area (Å²) in [5.41, 5.74) is 5.29. The molecule has 0 unspecified atom stereocenters. The predicted octanol–water partition coefficient (Wildman–Crippen LogP) is 6.01. The molecular formula is C23H23ClN4O. The van der Waals surface area contributed by atoms with Gasteiger partial charge in [0.2, 0.25) is 5.95 Å². The van der Waals surface area contributed by atoms with Crippen LogP contribution in [0.15, 0.2) is 42.5 Å². The highest BCUT2D eigenvalue weighted by Crippen LogP contribution is 2.32. The molecule has 0 fully saturated rings. The highest BCUT2D eigenvalue weighted by molar-refractivity contribution is 6.31. The van der Waals surface area contributed by atoms with Crippen molar-refractivity contribution in [1.29, 1.82) is 0 Å². The van der Waals surface area contributed by atoms with Gasteiger partial charge in [-0.15, -0.1) is 0 Å². The molecule has 6 heteroatoms. The number of aryl methyl sites for hydroxylation is 2. The standard InChI is InChI=1S/C23H23ClN4O/c1-3-15-10-12-16(13-11-15)25-23-27-19-8-5-9-20(29)21(19)22(28-23)26-18-7-4-6-17(24)14(18)2/h4,6-7,10-13H,3,5,8-9H2,1-2H3,(H2,25,26,27,28). The Morgan fingerprint density at radius 2 is 1.83 bits per heavy atom. The third kappa shape index (κ3) is 4.10. The summed E-state index contributed by atoms with van der Waals surface area (Å²) in [6.07, 6.45) is 3.08. The fourth-order valence-corrected chi connectivity index (χ4v) is 3.67. The van der Waals surface area contributed by atoms with E-state index in [-0.39, 0.29) is 5.78 Å². The van der Waals surface area contributed by atoms with Crippen LogP contribution >= 0.6 is 11.6 Å². The molecule has 1 aromatic heterocycles. The summed E-state index contributed by atoms with van der Waals surface area (Å²) in [4.78, 5) is 21.9. The third-order valence-electron chi connectivity index (χ3n) is 5.22. The number of Topliss-reactive ketones (excluding diaryl/α,β-unsaturated/α-hetero) is 1. The quantitative estimate of drug-likeness (QED) is 0.543. The maximum Gasteiger partial charge on any atom is 0.229 e. The molecule has 0 aliphatic heterocycles. The lowest BCUT2D eigenvalue weighted by molar-refractivity contribution is 0.0972. The average Bonchev–Trinajstić information content (AvgIpc) is 2.72. The highest BCUT2D eigenvalue weighted by atomic mass is 35.5. The van der Waals surface area contributed by atoms with E-state index in [4.69, 9.17) is 11.6 Å². The van der Waals surface area contributed by atoms with Gasteiger partial charge in [-0.3, -0.25) is 4.79 Å². The van der Waals surface area contributed by atoms with E-state index in [9.17, 15) is 4.79 Å². The summed E-state index contributed by atoms with van der Waals surface area (Å²) in [5.74, 6) is 1.08. The Labute approximate surface area is 175 Å². The van der Waals surface area contributed by atoms with E-state index in [1.54, 1.807) is 0 Å². The van der Waals surface area contributed by atoms with Crippen LogP contribution in [0.3, 0.4) is 0 Å². The SMILES string of the molecule is CCc1ccc(Nc2nc3c(c(Nc4cccc(Cl)c4C)n2)C(=O)CCC3)cc1. The van der Waals surface area contributed by atoms with Crippen LogP contribution in [0.4, 0.5) is 23.1 Å². The molecule has 0 bridgehead atoms. The van der Waals surface area contributed by atoms with Crippen molar-refractivity contribution in [3.63, 3.8) is 0 Å². The third-order valence-corrected chi connectivity index (χ3v) is 5.63. The molecule has 29 heavy (non-hydrogen) atoms. The van der Waals surface area contributed by atoms with E-state index in [1.165, 1.54) is 5.56 Å². The lowest BCUT2D eigenvalue weighted by atomic mass is 9.95. The summed E-state index contributed by atoms with van der Waals surface area (Å²) < 4.78 is 0. The van der Waals surface area contributed by atoms with Crippen LogP contribution in [0.2, 0.25) is 5.02 Å². The van der Waals surface area contributed by atoms with Gasteiger partial charge in [-0.25, -0.2) is 4.98 Å². The van der Waals surface area contributed by atoms with E-state index < -0.39 is 0 Å². The van der Waals surface area contributed by atoms with E-state index in [0.29, 0.717) is 28.8 Å². The van der Waals surface area contributed by atoms with Crippen molar-refractivity contribution in [2.45, 2.75) is 39.5 Å². The molecule has 148 valence electrons. The number of rotatable bonds is 5. The first-order chi connectivity index (χ1) is 14.0. The Bertz CT molecular complexity index is 1060. The number of ketones is 1. The van der Waals surface area contributed by atoms with Gasteiger partial charge in [-0.05, 0) is 61.6 Å². The van der Waals surface area contributed by atoms with Crippen molar-refractivity contribution in [3.05, 3.63) is 69.9 Å². The van der Waals surface area contributed by atoms with Crippen LogP contribution < -0.4 is 10.6 Å². The molecule has 1 aliphatic carbocycles.